The number of furan rings is 1. The molecule has 0 atom stereocenters. The molecule has 6 heteroatoms. The summed E-state index contributed by atoms with van der Waals surface area (Å²) in [5.41, 5.74) is 9.92. The molecule has 0 saturated heterocycles. The maximum Gasteiger partial charge on any atom is 0.167 e. The number of aromatic nitrogens is 4. The summed E-state index contributed by atoms with van der Waals surface area (Å²) in [7, 11) is 0. The highest BCUT2D eigenvalue weighted by atomic mass is 32.1. The van der Waals surface area contributed by atoms with E-state index in [1.54, 1.807) is 11.3 Å². The fourth-order valence-corrected chi connectivity index (χ4v) is 9.75. The molecule has 0 radical (unpaired) electrons. The molecule has 8 aromatic carbocycles. The molecule has 0 bridgehead atoms. The molecule has 4 heterocycles. The number of fused-ring (bicyclic) bond motifs is 9. The van der Waals surface area contributed by atoms with E-state index in [4.69, 9.17) is 19.4 Å². The van der Waals surface area contributed by atoms with Crippen LogP contribution in [0.4, 0.5) is 0 Å². The van der Waals surface area contributed by atoms with Crippen LogP contribution in [0.2, 0.25) is 0 Å². The largest absolute Gasteiger partial charge is 0.455 e. The summed E-state index contributed by atoms with van der Waals surface area (Å²) in [5, 5.41) is 6.87. The van der Waals surface area contributed by atoms with Crippen LogP contribution in [0, 0.1) is 0 Å². The Bertz CT molecular complexity index is 3490. The lowest BCUT2D eigenvalue weighted by Crippen LogP contribution is -2.00. The molecule has 12 aromatic rings. The minimum Gasteiger partial charge on any atom is -0.455 e. The van der Waals surface area contributed by atoms with E-state index in [2.05, 4.69) is 156 Å². The quantitative estimate of drug-likeness (QED) is 0.176. The molecular formula is C51H30N4OS. The van der Waals surface area contributed by atoms with Crippen molar-refractivity contribution in [2.24, 2.45) is 0 Å². The zero-order chi connectivity index (χ0) is 37.5. The summed E-state index contributed by atoms with van der Waals surface area (Å²) in [6.45, 7) is 0. The van der Waals surface area contributed by atoms with Crippen molar-refractivity contribution in [2.45, 2.75) is 0 Å². The summed E-state index contributed by atoms with van der Waals surface area (Å²) < 4.78 is 11.7. The molecular weight excluding hydrogens is 717 g/mol. The fourth-order valence-electron chi connectivity index (χ4n) is 8.62. The number of para-hydroxylation sites is 4. The van der Waals surface area contributed by atoms with Gasteiger partial charge in [-0.3, -0.25) is 0 Å². The zero-order valence-electron chi connectivity index (χ0n) is 30.4. The van der Waals surface area contributed by atoms with Gasteiger partial charge in [0.15, 0.2) is 17.5 Å². The Morgan fingerprint density at radius 3 is 1.77 bits per heavy atom. The summed E-state index contributed by atoms with van der Waals surface area (Å²) >= 11 is 1.79. The molecule has 0 aliphatic rings. The monoisotopic (exact) mass is 746 g/mol. The normalized spacial score (nSPS) is 11.9. The molecule has 12 rings (SSSR count). The first-order valence-corrected chi connectivity index (χ1v) is 19.8. The molecule has 0 N–H and O–H groups in total. The van der Waals surface area contributed by atoms with Crippen molar-refractivity contribution >= 4 is 75.3 Å². The van der Waals surface area contributed by atoms with E-state index in [0.717, 1.165) is 60.8 Å². The molecule has 0 amide bonds. The standard InChI is InChI=1S/C51H30N4OS/c1-2-15-31(16-3-1)49-52-50(38-23-14-30-45-47(38)36-20-7-11-29-44(36)57-45)54-51(53-49)39-24-12-22-37-46-35(21-13-28-43(46)56-48(37)39)34-19-6-10-27-42(34)55-40-25-8-4-17-32(40)33-18-5-9-26-41(33)55/h1-30H. The second kappa shape index (κ2) is 12.6. The third-order valence-corrected chi connectivity index (χ3v) is 12.2. The topological polar surface area (TPSA) is 56.7 Å². The van der Waals surface area contributed by atoms with Gasteiger partial charge >= 0.3 is 0 Å². The minimum absolute atomic E-state index is 0.562. The van der Waals surface area contributed by atoms with E-state index >= 15 is 0 Å². The number of thiophene rings is 1. The maximum absolute atomic E-state index is 6.87. The lowest BCUT2D eigenvalue weighted by molar-refractivity contribution is 0.669. The number of hydrogen-bond donors (Lipinski definition) is 0. The Morgan fingerprint density at radius 1 is 0.386 bits per heavy atom. The fraction of sp³-hybridized carbons (Fsp3) is 0. The maximum atomic E-state index is 6.87. The first kappa shape index (κ1) is 31.9. The van der Waals surface area contributed by atoms with Crippen LogP contribution in [-0.2, 0) is 0 Å². The van der Waals surface area contributed by atoms with E-state index < -0.39 is 0 Å². The van der Waals surface area contributed by atoms with Gasteiger partial charge in [0.1, 0.15) is 11.2 Å². The van der Waals surface area contributed by atoms with Gasteiger partial charge in [-0.05, 0) is 48.0 Å². The second-order valence-electron chi connectivity index (χ2n) is 14.3. The average Bonchev–Trinajstić information content (AvgIpc) is 3.96. The van der Waals surface area contributed by atoms with Crippen molar-refractivity contribution in [1.29, 1.82) is 0 Å². The number of rotatable bonds is 5. The van der Waals surface area contributed by atoms with Gasteiger partial charge in [-0.2, -0.15) is 0 Å². The van der Waals surface area contributed by atoms with Crippen LogP contribution >= 0.6 is 11.3 Å². The molecule has 266 valence electrons. The Kier molecular flexibility index (Phi) is 7.03. The summed E-state index contributed by atoms with van der Waals surface area (Å²) in [6, 6.07) is 63.7. The zero-order valence-corrected chi connectivity index (χ0v) is 31.2. The first-order chi connectivity index (χ1) is 28.3. The minimum atomic E-state index is 0.562. The Hall–Kier alpha value is -7.41. The van der Waals surface area contributed by atoms with Crippen LogP contribution in [0.25, 0.3) is 115 Å². The van der Waals surface area contributed by atoms with Crippen LogP contribution in [0.15, 0.2) is 186 Å². The average molecular weight is 747 g/mol. The summed E-state index contributed by atoms with van der Waals surface area (Å²) in [5.74, 6) is 1.80. The van der Waals surface area contributed by atoms with Crippen molar-refractivity contribution < 1.29 is 4.42 Å². The molecule has 5 nitrogen and oxygen atoms in total. The molecule has 0 aliphatic carbocycles. The van der Waals surface area contributed by atoms with Gasteiger partial charge < -0.3 is 8.98 Å². The van der Waals surface area contributed by atoms with Gasteiger partial charge in [0.2, 0.25) is 0 Å². The van der Waals surface area contributed by atoms with Crippen molar-refractivity contribution in [3.8, 4) is 51.0 Å². The van der Waals surface area contributed by atoms with Crippen LogP contribution in [0.1, 0.15) is 0 Å². The van der Waals surface area contributed by atoms with Gasteiger partial charge in [0.25, 0.3) is 0 Å². The van der Waals surface area contributed by atoms with Gasteiger partial charge in [-0.1, -0.05) is 140 Å². The number of nitrogens with zero attached hydrogens (tertiary/aromatic N) is 4. The highest BCUT2D eigenvalue weighted by Gasteiger charge is 2.22. The van der Waals surface area contributed by atoms with Crippen molar-refractivity contribution in [2.75, 3.05) is 0 Å². The van der Waals surface area contributed by atoms with Crippen LogP contribution in [0.3, 0.4) is 0 Å². The lowest BCUT2D eigenvalue weighted by atomic mass is 9.97. The van der Waals surface area contributed by atoms with Crippen LogP contribution < -0.4 is 0 Å². The third kappa shape index (κ3) is 4.91. The Labute approximate surface area is 330 Å². The first-order valence-electron chi connectivity index (χ1n) is 19.0. The molecule has 0 spiro atoms. The second-order valence-corrected chi connectivity index (χ2v) is 15.4. The van der Waals surface area contributed by atoms with Crippen molar-refractivity contribution in [1.82, 2.24) is 19.5 Å². The number of benzene rings is 8. The molecule has 0 saturated carbocycles. The van der Waals surface area contributed by atoms with E-state index in [1.807, 2.05) is 30.3 Å². The summed E-state index contributed by atoms with van der Waals surface area (Å²) in [4.78, 5) is 15.6. The van der Waals surface area contributed by atoms with Gasteiger partial charge in [0, 0.05) is 58.4 Å². The Morgan fingerprint density at radius 2 is 0.947 bits per heavy atom. The van der Waals surface area contributed by atoms with E-state index in [-0.39, 0.29) is 0 Å². The molecule has 0 aliphatic heterocycles. The smallest absolute Gasteiger partial charge is 0.167 e. The van der Waals surface area contributed by atoms with Crippen LogP contribution in [-0.4, -0.2) is 19.5 Å². The molecule has 0 unspecified atom stereocenters. The third-order valence-electron chi connectivity index (χ3n) is 11.1. The Balaban J connectivity index is 1.09. The summed E-state index contributed by atoms with van der Waals surface area (Å²) in [6.07, 6.45) is 0. The van der Waals surface area contributed by atoms with E-state index in [9.17, 15) is 0 Å². The highest BCUT2D eigenvalue weighted by molar-refractivity contribution is 7.25. The SMILES string of the molecule is c1ccc(-c2nc(-c3cccc4c3oc3cccc(-c5ccccc5-n5c6ccccc6c6ccccc65)c34)nc(-c3cccc4sc5ccccc5c34)n2)cc1. The predicted octanol–water partition coefficient (Wildman–Crippen LogP) is 13.9. The van der Waals surface area contributed by atoms with E-state index in [1.165, 1.54) is 36.6 Å². The van der Waals surface area contributed by atoms with Gasteiger partial charge in [-0.15, -0.1) is 11.3 Å². The predicted molar refractivity (Wildman–Crippen MR) is 236 cm³/mol. The molecule has 0 fully saturated rings. The lowest BCUT2D eigenvalue weighted by Gasteiger charge is -2.14. The highest BCUT2D eigenvalue weighted by Crippen LogP contribution is 2.44. The molecule has 57 heavy (non-hydrogen) atoms. The van der Waals surface area contributed by atoms with Gasteiger partial charge in [-0.25, -0.2) is 15.0 Å². The molecule has 4 aromatic heterocycles. The van der Waals surface area contributed by atoms with Crippen LogP contribution in [0.5, 0.6) is 0 Å². The van der Waals surface area contributed by atoms with Crippen molar-refractivity contribution in [3.05, 3.63) is 182 Å². The van der Waals surface area contributed by atoms with E-state index in [0.29, 0.717) is 17.5 Å². The van der Waals surface area contributed by atoms with Crippen molar-refractivity contribution in [3.63, 3.8) is 0 Å². The number of hydrogen-bond acceptors (Lipinski definition) is 5. The van der Waals surface area contributed by atoms with Gasteiger partial charge in [0.05, 0.1) is 22.3 Å².